The van der Waals surface area contributed by atoms with Crippen molar-refractivity contribution in [2.75, 3.05) is 30.6 Å². The zero-order chi connectivity index (χ0) is 21.4. The molecule has 2 aliphatic heterocycles. The first-order valence-corrected chi connectivity index (χ1v) is 10.4. The number of hydrogen-bond donors (Lipinski definition) is 2. The fourth-order valence-electron chi connectivity index (χ4n) is 3.76. The predicted molar refractivity (Wildman–Crippen MR) is 114 cm³/mol. The number of thioether (sulfide) groups is 1. The summed E-state index contributed by atoms with van der Waals surface area (Å²) in [7, 11) is 3.02. The van der Waals surface area contributed by atoms with E-state index >= 15 is 0 Å². The van der Waals surface area contributed by atoms with Crippen molar-refractivity contribution >= 4 is 40.9 Å². The smallest absolute Gasteiger partial charge is 0.260 e. The highest BCUT2D eigenvalue weighted by molar-refractivity contribution is 7.99. The summed E-state index contributed by atoms with van der Waals surface area (Å²) in [6, 6.07) is 9.85. The molecule has 2 heterocycles. The number of nitrogens with one attached hydrogen (secondary N) is 2. The highest BCUT2D eigenvalue weighted by Gasteiger charge is 2.50. The Kier molecular flexibility index (Phi) is 5.29. The first kappa shape index (κ1) is 20.1. The van der Waals surface area contributed by atoms with Crippen LogP contribution in [0.5, 0.6) is 11.5 Å². The molecule has 2 atom stereocenters. The lowest BCUT2D eigenvalue weighted by Gasteiger charge is -2.22. The number of carbonyl (C=O) groups excluding carboxylic acids is 3. The van der Waals surface area contributed by atoms with E-state index in [-0.39, 0.29) is 23.1 Å². The van der Waals surface area contributed by atoms with Gasteiger partial charge in [-0.3, -0.25) is 14.4 Å². The number of ether oxygens (including phenoxy) is 2. The number of benzene rings is 2. The van der Waals surface area contributed by atoms with Crippen molar-refractivity contribution in [2.45, 2.75) is 18.3 Å². The standard InChI is InChI=1S/C21H21N3O5S/c1-11(25)22-12-4-6-13(7-5-12)23-19(26)15-10-30-21-14-8-9-16(28-2)18(29-3)17(14)20(27)24(15)21/h4-9,15,21H,10H2,1-3H3,(H,22,25)(H,23,26)/t15-,21-/m1/s1. The highest BCUT2D eigenvalue weighted by Crippen LogP contribution is 2.52. The predicted octanol–water partition coefficient (Wildman–Crippen LogP) is 2.87. The lowest BCUT2D eigenvalue weighted by Crippen LogP contribution is -2.42. The van der Waals surface area contributed by atoms with E-state index in [1.54, 1.807) is 47.0 Å². The van der Waals surface area contributed by atoms with Crippen LogP contribution in [0.2, 0.25) is 0 Å². The van der Waals surface area contributed by atoms with Crippen molar-refractivity contribution in [2.24, 2.45) is 0 Å². The third-order valence-corrected chi connectivity index (χ3v) is 6.37. The van der Waals surface area contributed by atoms with Crippen molar-refractivity contribution in [3.8, 4) is 11.5 Å². The van der Waals surface area contributed by atoms with E-state index in [2.05, 4.69) is 10.6 Å². The molecular weight excluding hydrogens is 406 g/mol. The summed E-state index contributed by atoms with van der Waals surface area (Å²) < 4.78 is 10.7. The largest absolute Gasteiger partial charge is 0.493 e. The fraction of sp³-hybridized carbons (Fsp3) is 0.286. The summed E-state index contributed by atoms with van der Waals surface area (Å²) in [5, 5.41) is 5.31. The molecule has 0 aliphatic carbocycles. The molecule has 0 bridgehead atoms. The van der Waals surface area contributed by atoms with Crippen molar-refractivity contribution < 1.29 is 23.9 Å². The molecule has 0 saturated carbocycles. The normalized spacial score (nSPS) is 19.2. The van der Waals surface area contributed by atoms with Gasteiger partial charge in [-0.1, -0.05) is 6.07 Å². The Morgan fingerprint density at radius 2 is 1.70 bits per heavy atom. The van der Waals surface area contributed by atoms with E-state index in [1.165, 1.54) is 21.1 Å². The van der Waals surface area contributed by atoms with Gasteiger partial charge in [0.1, 0.15) is 11.4 Å². The number of carbonyl (C=O) groups is 3. The summed E-state index contributed by atoms with van der Waals surface area (Å²) in [5.74, 6) is 0.708. The molecule has 2 aromatic rings. The lowest BCUT2D eigenvalue weighted by molar-refractivity contribution is -0.119. The van der Waals surface area contributed by atoms with Gasteiger partial charge in [0.15, 0.2) is 11.5 Å². The van der Waals surface area contributed by atoms with E-state index in [0.29, 0.717) is 34.2 Å². The van der Waals surface area contributed by atoms with Gasteiger partial charge in [0.25, 0.3) is 5.91 Å². The average Bonchev–Trinajstić information content (AvgIpc) is 3.28. The van der Waals surface area contributed by atoms with Crippen molar-refractivity contribution in [3.05, 3.63) is 47.5 Å². The van der Waals surface area contributed by atoms with Gasteiger partial charge in [-0.25, -0.2) is 0 Å². The number of amides is 3. The highest BCUT2D eigenvalue weighted by atomic mass is 32.2. The van der Waals surface area contributed by atoms with Crippen molar-refractivity contribution in [3.63, 3.8) is 0 Å². The maximum Gasteiger partial charge on any atom is 0.260 e. The molecule has 2 aliphatic rings. The minimum absolute atomic E-state index is 0.167. The van der Waals surface area contributed by atoms with E-state index in [4.69, 9.17) is 9.47 Å². The summed E-state index contributed by atoms with van der Waals surface area (Å²) in [6.45, 7) is 1.43. The Morgan fingerprint density at radius 1 is 1.03 bits per heavy atom. The number of rotatable bonds is 5. The molecule has 2 aromatic carbocycles. The minimum atomic E-state index is -0.606. The quantitative estimate of drug-likeness (QED) is 0.762. The van der Waals surface area contributed by atoms with E-state index in [0.717, 1.165) is 5.56 Å². The van der Waals surface area contributed by atoms with Crippen LogP contribution in [0.15, 0.2) is 36.4 Å². The van der Waals surface area contributed by atoms with Crippen LogP contribution in [-0.2, 0) is 9.59 Å². The number of anilines is 2. The number of nitrogens with zero attached hydrogens (tertiary/aromatic N) is 1. The van der Waals surface area contributed by atoms with Gasteiger partial charge < -0.3 is 25.0 Å². The fourth-order valence-corrected chi connectivity index (χ4v) is 5.22. The second kappa shape index (κ2) is 7.91. The van der Waals surface area contributed by atoms with Crippen LogP contribution in [0.4, 0.5) is 11.4 Å². The Balaban J connectivity index is 1.54. The third-order valence-electron chi connectivity index (χ3n) is 5.07. The third kappa shape index (κ3) is 3.35. The van der Waals surface area contributed by atoms with E-state index in [1.807, 2.05) is 6.07 Å². The number of fused-ring (bicyclic) bond motifs is 3. The summed E-state index contributed by atoms with van der Waals surface area (Å²) >= 11 is 1.55. The maximum atomic E-state index is 13.2. The van der Waals surface area contributed by atoms with Crippen LogP contribution in [0.3, 0.4) is 0 Å². The van der Waals surface area contributed by atoms with Gasteiger partial charge >= 0.3 is 0 Å². The van der Waals surface area contributed by atoms with Crippen LogP contribution in [0, 0.1) is 0 Å². The molecule has 0 spiro atoms. The molecule has 0 aromatic heterocycles. The molecule has 3 amide bonds. The zero-order valence-corrected chi connectivity index (χ0v) is 17.5. The van der Waals surface area contributed by atoms with Gasteiger partial charge in [0, 0.05) is 29.6 Å². The second-order valence-corrected chi connectivity index (χ2v) is 8.04. The first-order valence-electron chi connectivity index (χ1n) is 9.32. The summed E-state index contributed by atoms with van der Waals surface area (Å²) in [5.41, 5.74) is 2.51. The van der Waals surface area contributed by atoms with Crippen molar-refractivity contribution in [1.82, 2.24) is 4.90 Å². The topological polar surface area (TPSA) is 97.0 Å². The minimum Gasteiger partial charge on any atom is -0.493 e. The summed E-state index contributed by atoms with van der Waals surface area (Å²) in [6.07, 6.45) is 0. The molecule has 4 rings (SSSR count). The molecule has 156 valence electrons. The Bertz CT molecular complexity index is 1020. The van der Waals surface area contributed by atoms with Gasteiger partial charge in [-0.15, -0.1) is 11.8 Å². The monoisotopic (exact) mass is 427 g/mol. The van der Waals surface area contributed by atoms with Crippen LogP contribution in [0.25, 0.3) is 0 Å². The molecule has 0 radical (unpaired) electrons. The molecule has 2 N–H and O–H groups in total. The Morgan fingerprint density at radius 3 is 2.30 bits per heavy atom. The first-order chi connectivity index (χ1) is 14.4. The molecular formula is C21H21N3O5S. The molecule has 30 heavy (non-hydrogen) atoms. The molecule has 9 heteroatoms. The lowest BCUT2D eigenvalue weighted by atomic mass is 10.1. The average molecular weight is 427 g/mol. The van der Waals surface area contributed by atoms with E-state index in [9.17, 15) is 14.4 Å². The van der Waals surface area contributed by atoms with Crippen LogP contribution in [0.1, 0.15) is 28.2 Å². The Hall–Kier alpha value is -3.20. The SMILES string of the molecule is COc1ccc2c(c1OC)C(=O)N1[C@@H](C(=O)Nc3ccc(NC(C)=O)cc3)CS[C@H]21. The molecule has 8 nitrogen and oxygen atoms in total. The van der Waals surface area contributed by atoms with Crippen LogP contribution in [-0.4, -0.2) is 48.6 Å². The van der Waals surface area contributed by atoms with Gasteiger partial charge in [0.05, 0.1) is 19.8 Å². The van der Waals surface area contributed by atoms with Gasteiger partial charge in [-0.2, -0.15) is 0 Å². The van der Waals surface area contributed by atoms with Crippen LogP contribution < -0.4 is 20.1 Å². The second-order valence-electron chi connectivity index (χ2n) is 6.93. The van der Waals surface area contributed by atoms with Gasteiger partial charge in [0.2, 0.25) is 11.8 Å². The van der Waals surface area contributed by atoms with Crippen LogP contribution >= 0.6 is 11.8 Å². The molecule has 0 unspecified atom stereocenters. The van der Waals surface area contributed by atoms with Gasteiger partial charge in [-0.05, 0) is 30.3 Å². The molecule has 1 saturated heterocycles. The summed E-state index contributed by atoms with van der Waals surface area (Å²) in [4.78, 5) is 38.9. The van der Waals surface area contributed by atoms with E-state index < -0.39 is 6.04 Å². The Labute approximate surface area is 177 Å². The number of hydrogen-bond acceptors (Lipinski definition) is 6. The number of methoxy groups -OCH3 is 2. The maximum absolute atomic E-state index is 13.2. The van der Waals surface area contributed by atoms with Crippen molar-refractivity contribution in [1.29, 1.82) is 0 Å². The zero-order valence-electron chi connectivity index (χ0n) is 16.7. The molecule has 1 fully saturated rings.